The van der Waals surface area contributed by atoms with Gasteiger partial charge in [-0.3, -0.25) is 0 Å². The van der Waals surface area contributed by atoms with E-state index < -0.39 is 0 Å². The normalized spacial score (nSPS) is 18.4. The van der Waals surface area contributed by atoms with Crippen molar-refractivity contribution in [2.75, 3.05) is 18.6 Å². The van der Waals surface area contributed by atoms with Gasteiger partial charge >= 0.3 is 0 Å². The first-order valence-corrected chi connectivity index (χ1v) is 9.25. The lowest BCUT2D eigenvalue weighted by atomic mass is 9.99. The summed E-state index contributed by atoms with van der Waals surface area (Å²) in [6.45, 7) is 5.77. The molecule has 1 aromatic heterocycles. The first-order valence-electron chi connectivity index (χ1n) is 7.04. The smallest absolute Gasteiger partial charge is 0.0386 e. The topological polar surface area (TPSA) is 12.0 Å². The highest BCUT2D eigenvalue weighted by molar-refractivity contribution is 7.98. The Morgan fingerprint density at radius 1 is 1.33 bits per heavy atom. The fourth-order valence-electron chi connectivity index (χ4n) is 2.55. The molecule has 0 amide bonds. The Bertz CT molecular complexity index is 349. The predicted molar refractivity (Wildman–Crippen MR) is 84.9 cm³/mol. The maximum Gasteiger partial charge on any atom is 0.0386 e. The fourth-order valence-corrected chi connectivity index (χ4v) is 4.52. The molecule has 102 valence electrons. The number of rotatable bonds is 6. The SMILES string of the molecule is CSCC(C)CNC(C)c1cc2c(s1)CCCC2. The summed E-state index contributed by atoms with van der Waals surface area (Å²) in [6.07, 6.45) is 7.58. The molecule has 0 aromatic carbocycles. The minimum Gasteiger partial charge on any atom is -0.309 e. The van der Waals surface area contributed by atoms with Gasteiger partial charge < -0.3 is 5.32 Å². The molecular formula is C15H25NS2. The minimum atomic E-state index is 0.518. The first-order chi connectivity index (χ1) is 8.70. The van der Waals surface area contributed by atoms with Crippen molar-refractivity contribution in [1.29, 1.82) is 0 Å². The minimum absolute atomic E-state index is 0.518. The molecule has 1 N–H and O–H groups in total. The molecule has 0 fully saturated rings. The highest BCUT2D eigenvalue weighted by Gasteiger charge is 2.16. The molecule has 0 spiro atoms. The van der Waals surface area contributed by atoms with Gasteiger partial charge in [-0.1, -0.05) is 6.92 Å². The van der Waals surface area contributed by atoms with E-state index in [0.29, 0.717) is 6.04 Å². The number of hydrogen-bond donors (Lipinski definition) is 1. The molecule has 1 heterocycles. The van der Waals surface area contributed by atoms with Crippen molar-refractivity contribution in [1.82, 2.24) is 5.32 Å². The standard InChI is InChI=1S/C15H25NS2/c1-11(10-17-3)9-16-12(2)15-8-13-6-4-5-7-14(13)18-15/h8,11-12,16H,4-7,9-10H2,1-3H3. The summed E-state index contributed by atoms with van der Waals surface area (Å²) in [5.74, 6) is 2.01. The molecule has 0 aliphatic heterocycles. The largest absolute Gasteiger partial charge is 0.309 e. The zero-order valence-corrected chi connectivity index (χ0v) is 13.4. The highest BCUT2D eigenvalue weighted by Crippen LogP contribution is 2.32. The molecule has 1 aliphatic carbocycles. The van der Waals surface area contributed by atoms with Crippen molar-refractivity contribution in [2.24, 2.45) is 5.92 Å². The van der Waals surface area contributed by atoms with Crippen molar-refractivity contribution in [3.05, 3.63) is 21.4 Å². The molecule has 2 unspecified atom stereocenters. The van der Waals surface area contributed by atoms with Crippen LogP contribution in [0.5, 0.6) is 0 Å². The summed E-state index contributed by atoms with van der Waals surface area (Å²) < 4.78 is 0. The lowest BCUT2D eigenvalue weighted by Gasteiger charge is -2.16. The third-order valence-electron chi connectivity index (χ3n) is 3.67. The number of thioether (sulfide) groups is 1. The third-order valence-corrected chi connectivity index (χ3v) is 5.99. The van der Waals surface area contributed by atoms with Crippen LogP contribution in [0.1, 0.15) is 48.0 Å². The summed E-state index contributed by atoms with van der Waals surface area (Å²) in [7, 11) is 0. The summed E-state index contributed by atoms with van der Waals surface area (Å²) in [6, 6.07) is 2.97. The van der Waals surface area contributed by atoms with E-state index in [1.807, 2.05) is 23.1 Å². The molecule has 1 aliphatic rings. The Kier molecular flexibility index (Phi) is 5.58. The van der Waals surface area contributed by atoms with Crippen LogP contribution in [0.2, 0.25) is 0 Å². The molecular weight excluding hydrogens is 258 g/mol. The number of thiophene rings is 1. The Labute approximate surface area is 120 Å². The quantitative estimate of drug-likeness (QED) is 0.836. The van der Waals surface area contributed by atoms with Crippen molar-refractivity contribution < 1.29 is 0 Å². The van der Waals surface area contributed by atoms with Crippen LogP contribution < -0.4 is 5.32 Å². The van der Waals surface area contributed by atoms with Crippen LogP contribution in [0.3, 0.4) is 0 Å². The second kappa shape index (κ2) is 6.97. The van der Waals surface area contributed by atoms with Crippen LogP contribution in [0.4, 0.5) is 0 Å². The highest BCUT2D eigenvalue weighted by atomic mass is 32.2. The lowest BCUT2D eigenvalue weighted by Crippen LogP contribution is -2.25. The van der Waals surface area contributed by atoms with E-state index in [1.54, 1.807) is 15.3 Å². The van der Waals surface area contributed by atoms with Gasteiger partial charge in [0, 0.05) is 15.8 Å². The fraction of sp³-hybridized carbons (Fsp3) is 0.733. The average Bonchev–Trinajstić information content (AvgIpc) is 2.80. The molecule has 0 bridgehead atoms. The van der Waals surface area contributed by atoms with Gasteiger partial charge in [0.05, 0.1) is 0 Å². The van der Waals surface area contributed by atoms with E-state index in [4.69, 9.17) is 0 Å². The Morgan fingerprint density at radius 3 is 2.83 bits per heavy atom. The van der Waals surface area contributed by atoms with E-state index in [2.05, 4.69) is 31.5 Å². The average molecular weight is 284 g/mol. The van der Waals surface area contributed by atoms with Gasteiger partial charge in [-0.25, -0.2) is 0 Å². The second-order valence-electron chi connectivity index (χ2n) is 5.49. The van der Waals surface area contributed by atoms with Crippen LogP contribution >= 0.6 is 23.1 Å². The molecule has 1 aromatic rings. The third kappa shape index (κ3) is 3.75. The Hall–Kier alpha value is 0.01000. The maximum atomic E-state index is 3.69. The van der Waals surface area contributed by atoms with Crippen LogP contribution in [0.25, 0.3) is 0 Å². The van der Waals surface area contributed by atoms with E-state index >= 15 is 0 Å². The summed E-state index contributed by atoms with van der Waals surface area (Å²) in [5.41, 5.74) is 1.63. The predicted octanol–water partition coefficient (Wildman–Crippen LogP) is 4.28. The molecule has 0 saturated heterocycles. The second-order valence-corrected chi connectivity index (χ2v) is 7.57. The molecule has 2 rings (SSSR count). The van der Waals surface area contributed by atoms with Crippen molar-refractivity contribution in [3.63, 3.8) is 0 Å². The van der Waals surface area contributed by atoms with E-state index in [-0.39, 0.29) is 0 Å². The number of aryl methyl sites for hydroxylation is 2. The van der Waals surface area contributed by atoms with Crippen molar-refractivity contribution in [3.8, 4) is 0 Å². The number of fused-ring (bicyclic) bond motifs is 1. The maximum absolute atomic E-state index is 3.69. The van der Waals surface area contributed by atoms with Gasteiger partial charge in [0.2, 0.25) is 0 Å². The zero-order valence-electron chi connectivity index (χ0n) is 11.8. The van der Waals surface area contributed by atoms with Gasteiger partial charge in [0.1, 0.15) is 0 Å². The van der Waals surface area contributed by atoms with Crippen molar-refractivity contribution in [2.45, 2.75) is 45.6 Å². The molecule has 2 atom stereocenters. The van der Waals surface area contributed by atoms with Crippen LogP contribution in [0, 0.1) is 5.92 Å². The van der Waals surface area contributed by atoms with Gasteiger partial charge in [-0.15, -0.1) is 11.3 Å². The molecule has 1 nitrogen and oxygen atoms in total. The summed E-state index contributed by atoms with van der Waals surface area (Å²) in [4.78, 5) is 3.19. The van der Waals surface area contributed by atoms with E-state index in [1.165, 1.54) is 31.4 Å². The first kappa shape index (κ1) is 14.4. The van der Waals surface area contributed by atoms with Crippen molar-refractivity contribution >= 4 is 23.1 Å². The molecule has 0 saturated carbocycles. The summed E-state index contributed by atoms with van der Waals surface area (Å²) in [5, 5.41) is 3.69. The van der Waals surface area contributed by atoms with Crippen LogP contribution in [-0.4, -0.2) is 18.6 Å². The zero-order chi connectivity index (χ0) is 13.0. The molecule has 3 heteroatoms. The monoisotopic (exact) mass is 283 g/mol. The Balaban J connectivity index is 1.88. The van der Waals surface area contributed by atoms with Crippen LogP contribution in [-0.2, 0) is 12.8 Å². The van der Waals surface area contributed by atoms with Gasteiger partial charge in [0.15, 0.2) is 0 Å². The van der Waals surface area contributed by atoms with Gasteiger partial charge in [-0.05, 0) is 68.7 Å². The lowest BCUT2D eigenvalue weighted by molar-refractivity contribution is 0.505. The van der Waals surface area contributed by atoms with Crippen LogP contribution in [0.15, 0.2) is 6.07 Å². The van der Waals surface area contributed by atoms with E-state index in [0.717, 1.165) is 12.5 Å². The van der Waals surface area contributed by atoms with Gasteiger partial charge in [0.25, 0.3) is 0 Å². The van der Waals surface area contributed by atoms with Gasteiger partial charge in [-0.2, -0.15) is 11.8 Å². The summed E-state index contributed by atoms with van der Waals surface area (Å²) >= 11 is 3.98. The number of hydrogen-bond acceptors (Lipinski definition) is 3. The Morgan fingerprint density at radius 2 is 2.11 bits per heavy atom. The van der Waals surface area contributed by atoms with E-state index in [9.17, 15) is 0 Å². The number of nitrogens with one attached hydrogen (secondary N) is 1. The molecule has 18 heavy (non-hydrogen) atoms. The molecule has 0 radical (unpaired) electrons.